The predicted octanol–water partition coefficient (Wildman–Crippen LogP) is 2.74. The molecule has 0 radical (unpaired) electrons. The van der Waals surface area contributed by atoms with Gasteiger partial charge in [-0.3, -0.25) is 9.78 Å². The second-order valence-corrected chi connectivity index (χ2v) is 4.49. The second-order valence-electron chi connectivity index (χ2n) is 3.64. The zero-order valence-electron chi connectivity index (χ0n) is 10.1. The van der Waals surface area contributed by atoms with Crippen LogP contribution in [0.15, 0.2) is 41.0 Å². The molecule has 0 saturated carbocycles. The van der Waals surface area contributed by atoms with E-state index >= 15 is 0 Å². The van der Waals surface area contributed by atoms with Crippen molar-refractivity contribution in [1.29, 1.82) is 0 Å². The minimum atomic E-state index is -0.598. The first-order valence-corrected chi connectivity index (χ1v) is 6.16. The predicted molar refractivity (Wildman–Crippen MR) is 73.5 cm³/mol. The lowest BCUT2D eigenvalue weighted by Gasteiger charge is -2.09. The summed E-state index contributed by atoms with van der Waals surface area (Å²) >= 11 is 3.38. The van der Waals surface area contributed by atoms with Gasteiger partial charge in [-0.15, -0.1) is 0 Å². The summed E-state index contributed by atoms with van der Waals surface area (Å²) < 4.78 is 11.5. The third-order valence-corrected chi connectivity index (χ3v) is 2.97. The molecule has 0 spiro atoms. The molecule has 1 aromatic heterocycles. The highest BCUT2D eigenvalue weighted by atomic mass is 79.9. The minimum absolute atomic E-state index is 0.155. The molecule has 0 unspecified atom stereocenters. The van der Waals surface area contributed by atoms with Gasteiger partial charge in [-0.25, -0.2) is 0 Å². The molecule has 0 fully saturated rings. The number of methoxy groups -OCH3 is 1. The van der Waals surface area contributed by atoms with Crippen LogP contribution in [0.3, 0.4) is 0 Å². The normalized spacial score (nSPS) is 10.0. The van der Waals surface area contributed by atoms with E-state index in [2.05, 4.69) is 20.9 Å². The molecule has 5 nitrogen and oxygen atoms in total. The van der Waals surface area contributed by atoms with Crippen LogP contribution in [0, 0.1) is 0 Å². The Morgan fingerprint density at radius 1 is 1.26 bits per heavy atom. The number of carbonyl (C=O) groups excluding carboxylic acids is 1. The van der Waals surface area contributed by atoms with Gasteiger partial charge in [0.1, 0.15) is 22.9 Å². The van der Waals surface area contributed by atoms with Crippen LogP contribution in [0.25, 0.3) is 0 Å². The molecular formula is C13H11BrN2O3. The van der Waals surface area contributed by atoms with Gasteiger partial charge in [0.05, 0.1) is 11.6 Å². The number of aromatic nitrogens is 1. The molecule has 0 bridgehead atoms. The zero-order chi connectivity index (χ0) is 13.8. The summed E-state index contributed by atoms with van der Waals surface area (Å²) in [5.74, 6) is 1.20. The third kappa shape index (κ3) is 3.23. The van der Waals surface area contributed by atoms with E-state index in [1.165, 1.54) is 12.3 Å². The van der Waals surface area contributed by atoms with Crippen LogP contribution >= 0.6 is 15.9 Å². The van der Waals surface area contributed by atoms with Gasteiger partial charge in [-0.1, -0.05) is 0 Å². The molecule has 6 heteroatoms. The first-order chi connectivity index (χ1) is 9.10. The van der Waals surface area contributed by atoms with Crippen LogP contribution in [0.1, 0.15) is 10.5 Å². The molecule has 0 aliphatic rings. The van der Waals surface area contributed by atoms with Crippen molar-refractivity contribution in [2.75, 3.05) is 7.11 Å². The van der Waals surface area contributed by atoms with E-state index in [1.807, 2.05) is 0 Å². The van der Waals surface area contributed by atoms with Gasteiger partial charge in [-0.2, -0.15) is 0 Å². The molecule has 2 aromatic rings. The van der Waals surface area contributed by atoms with Crippen LogP contribution in [-0.4, -0.2) is 18.0 Å². The number of carbonyl (C=O) groups is 1. The number of hydrogen-bond donors (Lipinski definition) is 1. The van der Waals surface area contributed by atoms with E-state index in [0.717, 1.165) is 4.47 Å². The van der Waals surface area contributed by atoms with Crippen molar-refractivity contribution in [1.82, 2.24) is 4.98 Å². The van der Waals surface area contributed by atoms with E-state index in [4.69, 9.17) is 15.2 Å². The molecule has 0 atom stereocenters. The van der Waals surface area contributed by atoms with Gasteiger partial charge in [0.25, 0.3) is 5.91 Å². The molecule has 2 rings (SSSR count). The van der Waals surface area contributed by atoms with E-state index in [9.17, 15) is 4.79 Å². The molecule has 98 valence electrons. The molecule has 0 aliphatic heterocycles. The van der Waals surface area contributed by atoms with Crippen molar-refractivity contribution < 1.29 is 14.3 Å². The van der Waals surface area contributed by atoms with E-state index in [1.54, 1.807) is 31.4 Å². The quantitative estimate of drug-likeness (QED) is 0.939. The van der Waals surface area contributed by atoms with Crippen LogP contribution in [0.4, 0.5) is 0 Å². The van der Waals surface area contributed by atoms with Gasteiger partial charge in [-0.05, 0) is 40.2 Å². The summed E-state index contributed by atoms with van der Waals surface area (Å²) in [7, 11) is 1.59. The molecule has 19 heavy (non-hydrogen) atoms. The summed E-state index contributed by atoms with van der Waals surface area (Å²) in [6.45, 7) is 0. The highest BCUT2D eigenvalue weighted by Crippen LogP contribution is 2.32. The fourth-order valence-electron chi connectivity index (χ4n) is 1.43. The maximum Gasteiger partial charge on any atom is 0.267 e. The van der Waals surface area contributed by atoms with Gasteiger partial charge in [0.2, 0.25) is 0 Å². The fraction of sp³-hybridized carbons (Fsp3) is 0.0769. The number of benzene rings is 1. The van der Waals surface area contributed by atoms with E-state index < -0.39 is 5.91 Å². The largest absolute Gasteiger partial charge is 0.497 e. The van der Waals surface area contributed by atoms with Gasteiger partial charge in [0.15, 0.2) is 0 Å². The van der Waals surface area contributed by atoms with Crippen molar-refractivity contribution in [3.05, 3.63) is 46.7 Å². The highest BCUT2D eigenvalue weighted by Gasteiger charge is 2.07. The molecule has 2 N–H and O–H groups in total. The number of amides is 1. The SMILES string of the molecule is COc1ccc(Oc2ccnc(C(N)=O)c2)c(Br)c1. The van der Waals surface area contributed by atoms with Crippen LogP contribution in [0.5, 0.6) is 17.2 Å². The average molecular weight is 323 g/mol. The van der Waals surface area contributed by atoms with Gasteiger partial charge in [0, 0.05) is 12.3 Å². The van der Waals surface area contributed by atoms with Crippen molar-refractivity contribution in [3.8, 4) is 17.2 Å². The lowest BCUT2D eigenvalue weighted by molar-refractivity contribution is 0.0995. The second kappa shape index (κ2) is 5.71. The van der Waals surface area contributed by atoms with Crippen molar-refractivity contribution >= 4 is 21.8 Å². The van der Waals surface area contributed by atoms with Crippen molar-refractivity contribution in [2.45, 2.75) is 0 Å². The fourth-order valence-corrected chi connectivity index (χ4v) is 1.87. The first-order valence-electron chi connectivity index (χ1n) is 5.37. The monoisotopic (exact) mass is 322 g/mol. The Labute approximate surface area is 118 Å². The van der Waals surface area contributed by atoms with Gasteiger partial charge < -0.3 is 15.2 Å². The number of pyridine rings is 1. The number of hydrogen-bond acceptors (Lipinski definition) is 4. The summed E-state index contributed by atoms with van der Waals surface area (Å²) in [6, 6.07) is 8.44. The number of nitrogens with zero attached hydrogens (tertiary/aromatic N) is 1. The van der Waals surface area contributed by atoms with E-state index in [0.29, 0.717) is 17.2 Å². The minimum Gasteiger partial charge on any atom is -0.497 e. The van der Waals surface area contributed by atoms with Crippen LogP contribution in [0.2, 0.25) is 0 Å². The molecular weight excluding hydrogens is 312 g/mol. The Morgan fingerprint density at radius 2 is 2.05 bits per heavy atom. The van der Waals surface area contributed by atoms with Crippen molar-refractivity contribution in [3.63, 3.8) is 0 Å². The highest BCUT2D eigenvalue weighted by molar-refractivity contribution is 9.10. The number of ether oxygens (including phenoxy) is 2. The Bertz CT molecular complexity index is 617. The Kier molecular flexibility index (Phi) is 4.01. The summed E-state index contributed by atoms with van der Waals surface area (Å²) in [4.78, 5) is 14.9. The third-order valence-electron chi connectivity index (χ3n) is 2.35. The lowest BCUT2D eigenvalue weighted by atomic mass is 10.3. The van der Waals surface area contributed by atoms with E-state index in [-0.39, 0.29) is 5.69 Å². The number of nitrogens with two attached hydrogens (primary N) is 1. The van der Waals surface area contributed by atoms with Gasteiger partial charge >= 0.3 is 0 Å². The molecule has 1 heterocycles. The Morgan fingerprint density at radius 3 is 2.68 bits per heavy atom. The number of halogens is 1. The van der Waals surface area contributed by atoms with Crippen LogP contribution in [-0.2, 0) is 0 Å². The smallest absolute Gasteiger partial charge is 0.267 e. The Balaban J connectivity index is 2.26. The molecule has 1 amide bonds. The first kappa shape index (κ1) is 13.4. The maximum atomic E-state index is 11.0. The number of primary amides is 1. The zero-order valence-corrected chi connectivity index (χ0v) is 11.7. The Hall–Kier alpha value is -2.08. The lowest BCUT2D eigenvalue weighted by Crippen LogP contribution is -2.12. The van der Waals surface area contributed by atoms with Crippen LogP contribution < -0.4 is 15.2 Å². The average Bonchev–Trinajstić information content (AvgIpc) is 2.41. The number of rotatable bonds is 4. The summed E-state index contributed by atoms with van der Waals surface area (Å²) in [5, 5.41) is 0. The van der Waals surface area contributed by atoms with Crippen molar-refractivity contribution in [2.24, 2.45) is 5.73 Å². The summed E-state index contributed by atoms with van der Waals surface area (Å²) in [5.41, 5.74) is 5.32. The maximum absolute atomic E-state index is 11.0. The summed E-state index contributed by atoms with van der Waals surface area (Å²) in [6.07, 6.45) is 1.47. The molecule has 1 aromatic carbocycles. The molecule has 0 aliphatic carbocycles. The standard InChI is InChI=1S/C13H11BrN2O3/c1-18-8-2-3-12(10(14)6-8)19-9-4-5-16-11(7-9)13(15)17/h2-7H,1H3,(H2,15,17). The topological polar surface area (TPSA) is 74.4 Å². The molecule has 0 saturated heterocycles.